The third-order valence-corrected chi connectivity index (χ3v) is 8.37. The lowest BCUT2D eigenvalue weighted by Gasteiger charge is -2.51. The molecule has 1 aliphatic heterocycles. The molecule has 2 aliphatic rings. The first-order valence-corrected chi connectivity index (χ1v) is 11.9. The average molecular weight is 438 g/mol. The van der Waals surface area contributed by atoms with Crippen LogP contribution in [0, 0.1) is 5.41 Å². The van der Waals surface area contributed by atoms with E-state index in [0.29, 0.717) is 13.1 Å². The number of rotatable bonds is 4. The smallest absolute Gasteiger partial charge is 0.261 e. The first-order chi connectivity index (χ1) is 14.5. The van der Waals surface area contributed by atoms with Crippen molar-refractivity contribution in [2.75, 3.05) is 13.1 Å². The number of fused-ring (bicyclic) bond motifs is 1. The first-order valence-electron chi connectivity index (χ1n) is 10.2. The largest absolute Gasteiger partial charge is 0.348 e. The third kappa shape index (κ3) is 3.46. The van der Waals surface area contributed by atoms with Crippen LogP contribution in [0.15, 0.2) is 47.6 Å². The van der Waals surface area contributed by atoms with Crippen LogP contribution in [0.5, 0.6) is 0 Å². The maximum atomic E-state index is 12.8. The van der Waals surface area contributed by atoms with E-state index in [-0.39, 0.29) is 23.3 Å². The average Bonchev–Trinajstić information content (AvgIpc) is 3.41. The van der Waals surface area contributed by atoms with Crippen molar-refractivity contribution >= 4 is 50.0 Å². The Kier molecular flexibility index (Phi) is 4.95. The maximum Gasteiger partial charge on any atom is 0.261 e. The summed E-state index contributed by atoms with van der Waals surface area (Å²) in [6, 6.07) is 8.00. The Morgan fingerprint density at radius 3 is 2.93 bits per heavy atom. The van der Waals surface area contributed by atoms with E-state index in [0.717, 1.165) is 35.3 Å². The van der Waals surface area contributed by atoms with Crippen molar-refractivity contribution in [1.82, 2.24) is 15.2 Å². The van der Waals surface area contributed by atoms with Gasteiger partial charge in [0.2, 0.25) is 5.91 Å². The Balaban J connectivity index is 1.23. The van der Waals surface area contributed by atoms with Crippen LogP contribution in [0.3, 0.4) is 0 Å². The van der Waals surface area contributed by atoms with Crippen molar-refractivity contribution in [2.24, 2.45) is 5.41 Å². The third-order valence-electron chi connectivity index (χ3n) is 6.28. The first kappa shape index (κ1) is 19.5. The molecule has 4 heterocycles. The molecule has 5 rings (SSSR count). The van der Waals surface area contributed by atoms with Gasteiger partial charge in [0, 0.05) is 51.9 Å². The summed E-state index contributed by atoms with van der Waals surface area (Å²) in [7, 11) is 0. The lowest BCUT2D eigenvalue weighted by atomic mass is 9.74. The van der Waals surface area contributed by atoms with Gasteiger partial charge in [0.25, 0.3) is 5.91 Å². The molecule has 1 atom stereocenters. The topological polar surface area (TPSA) is 62.3 Å². The van der Waals surface area contributed by atoms with Gasteiger partial charge in [0.1, 0.15) is 0 Å². The Bertz CT molecular complexity index is 1100. The predicted molar refractivity (Wildman–Crippen MR) is 122 cm³/mol. The van der Waals surface area contributed by atoms with Crippen LogP contribution in [0.25, 0.3) is 15.5 Å². The number of hydrogen-bond donors (Lipinski definition) is 1. The number of aromatic nitrogens is 1. The molecule has 1 saturated heterocycles. The van der Waals surface area contributed by atoms with Crippen molar-refractivity contribution in [1.29, 1.82) is 0 Å². The minimum Gasteiger partial charge on any atom is -0.348 e. The van der Waals surface area contributed by atoms with E-state index < -0.39 is 0 Å². The van der Waals surface area contributed by atoms with Gasteiger partial charge >= 0.3 is 0 Å². The molecule has 3 aromatic rings. The van der Waals surface area contributed by atoms with Crippen LogP contribution in [-0.2, 0) is 4.79 Å². The highest BCUT2D eigenvalue weighted by Crippen LogP contribution is 2.46. The van der Waals surface area contributed by atoms with E-state index in [2.05, 4.69) is 21.7 Å². The Hall–Kier alpha value is -2.51. The highest BCUT2D eigenvalue weighted by molar-refractivity contribution is 7.27. The zero-order valence-electron chi connectivity index (χ0n) is 16.8. The number of thiophene rings is 2. The molecule has 154 valence electrons. The molecule has 1 N–H and O–H groups in total. The standard InChI is InChI=1S/C23H23N3O2S2/c1-15(10-16-4-3-8-24-12-16)22(28)26-13-23(14-26)7-2-5-20(23)25-21(27)19-11-18-17(30-19)6-9-29-18/h3-4,6,8-12,20H,2,5,7,13-14H2,1H3,(H,25,27)/b15-10-. The molecule has 1 aliphatic carbocycles. The Morgan fingerprint density at radius 1 is 1.30 bits per heavy atom. The summed E-state index contributed by atoms with van der Waals surface area (Å²) in [6.07, 6.45) is 8.51. The van der Waals surface area contributed by atoms with E-state index in [9.17, 15) is 9.59 Å². The minimum atomic E-state index is 0.0205. The van der Waals surface area contributed by atoms with Crippen LogP contribution in [0.4, 0.5) is 0 Å². The summed E-state index contributed by atoms with van der Waals surface area (Å²) in [6.45, 7) is 3.29. The van der Waals surface area contributed by atoms with Gasteiger partial charge in [0.05, 0.1) is 4.88 Å². The number of likely N-dealkylation sites (tertiary alicyclic amines) is 1. The molecule has 5 nitrogen and oxygen atoms in total. The molecule has 0 aromatic carbocycles. The maximum absolute atomic E-state index is 12.8. The van der Waals surface area contributed by atoms with Crippen LogP contribution < -0.4 is 5.32 Å². The van der Waals surface area contributed by atoms with Gasteiger partial charge in [-0.3, -0.25) is 14.6 Å². The summed E-state index contributed by atoms with van der Waals surface area (Å²) in [5.74, 6) is 0.0899. The van der Waals surface area contributed by atoms with Gasteiger partial charge in [0.15, 0.2) is 0 Å². The molecule has 0 bridgehead atoms. The van der Waals surface area contributed by atoms with Crippen LogP contribution in [-0.4, -0.2) is 40.8 Å². The highest BCUT2D eigenvalue weighted by atomic mass is 32.1. The van der Waals surface area contributed by atoms with Crippen molar-refractivity contribution in [3.8, 4) is 0 Å². The number of pyridine rings is 1. The zero-order valence-corrected chi connectivity index (χ0v) is 18.4. The molecule has 2 amide bonds. The summed E-state index contributed by atoms with van der Waals surface area (Å²) in [5.41, 5.74) is 1.67. The molecule has 1 saturated carbocycles. The fraction of sp³-hybridized carbons (Fsp3) is 0.348. The Morgan fingerprint density at radius 2 is 2.17 bits per heavy atom. The predicted octanol–water partition coefficient (Wildman–Crippen LogP) is 4.57. The van der Waals surface area contributed by atoms with Gasteiger partial charge < -0.3 is 10.2 Å². The number of nitrogens with zero attached hydrogens (tertiary/aromatic N) is 2. The molecule has 1 spiro atoms. The van der Waals surface area contributed by atoms with Crippen LogP contribution in [0.2, 0.25) is 0 Å². The number of carbonyl (C=O) groups is 2. The second-order valence-corrected chi connectivity index (χ2v) is 10.3. The van der Waals surface area contributed by atoms with Crippen molar-refractivity contribution in [2.45, 2.75) is 32.2 Å². The van der Waals surface area contributed by atoms with Crippen LogP contribution in [0.1, 0.15) is 41.4 Å². The zero-order chi connectivity index (χ0) is 20.7. The van der Waals surface area contributed by atoms with E-state index in [1.165, 1.54) is 9.40 Å². The van der Waals surface area contributed by atoms with Crippen molar-refractivity contribution in [3.63, 3.8) is 0 Å². The minimum absolute atomic E-state index is 0.0205. The SMILES string of the molecule is C/C(=C/c1cccnc1)C(=O)N1CC2(CCCC2NC(=O)c2cc3sccc3s2)C1. The molecule has 3 aromatic heterocycles. The number of amides is 2. The lowest BCUT2D eigenvalue weighted by Crippen LogP contribution is -2.64. The van der Waals surface area contributed by atoms with E-state index >= 15 is 0 Å². The fourth-order valence-corrected chi connectivity index (χ4v) is 6.74. The van der Waals surface area contributed by atoms with Crippen molar-refractivity contribution in [3.05, 3.63) is 58.1 Å². The molecule has 0 radical (unpaired) electrons. The number of carbonyl (C=O) groups excluding carboxylic acids is 2. The van der Waals surface area contributed by atoms with Crippen molar-refractivity contribution < 1.29 is 9.59 Å². The molecule has 30 heavy (non-hydrogen) atoms. The lowest BCUT2D eigenvalue weighted by molar-refractivity contribution is -0.139. The highest BCUT2D eigenvalue weighted by Gasteiger charge is 2.53. The number of nitrogens with one attached hydrogen (secondary N) is 1. The van der Waals surface area contributed by atoms with E-state index in [1.54, 1.807) is 35.1 Å². The van der Waals surface area contributed by atoms with Gasteiger partial charge in [-0.25, -0.2) is 0 Å². The van der Waals surface area contributed by atoms with Gasteiger partial charge in [-0.2, -0.15) is 0 Å². The molecule has 1 unspecified atom stereocenters. The summed E-state index contributed by atoms with van der Waals surface area (Å²) in [4.78, 5) is 32.5. The van der Waals surface area contributed by atoms with E-state index in [4.69, 9.17) is 0 Å². The fourth-order valence-electron chi connectivity index (χ4n) is 4.73. The van der Waals surface area contributed by atoms with Crippen LogP contribution >= 0.6 is 22.7 Å². The molecule has 2 fully saturated rings. The molecule has 7 heteroatoms. The quantitative estimate of drug-likeness (QED) is 0.608. The normalized spacial score (nSPS) is 20.5. The summed E-state index contributed by atoms with van der Waals surface area (Å²) < 4.78 is 2.34. The van der Waals surface area contributed by atoms with Gasteiger partial charge in [-0.15, -0.1) is 22.7 Å². The second-order valence-electron chi connectivity index (χ2n) is 8.32. The summed E-state index contributed by atoms with van der Waals surface area (Å²) in [5, 5.41) is 5.34. The second kappa shape index (κ2) is 7.63. The molecular weight excluding hydrogens is 414 g/mol. The molecular formula is C23H23N3O2S2. The van der Waals surface area contributed by atoms with Gasteiger partial charge in [-0.05, 0) is 55.0 Å². The monoisotopic (exact) mass is 437 g/mol. The summed E-state index contributed by atoms with van der Waals surface area (Å²) >= 11 is 3.22. The Labute approximate surface area is 183 Å². The van der Waals surface area contributed by atoms with Gasteiger partial charge in [-0.1, -0.05) is 12.5 Å². The van der Waals surface area contributed by atoms with E-state index in [1.807, 2.05) is 36.1 Å². The number of hydrogen-bond acceptors (Lipinski definition) is 5.